The van der Waals surface area contributed by atoms with E-state index in [2.05, 4.69) is 17.2 Å². The molecule has 2 aromatic heterocycles. The molecule has 1 amide bonds. The molecule has 0 bridgehead atoms. The fraction of sp³-hybridized carbons (Fsp3) is 0.300. The van der Waals surface area contributed by atoms with Crippen LogP contribution in [0, 0.1) is 6.92 Å². The summed E-state index contributed by atoms with van der Waals surface area (Å²) in [7, 11) is 1.64. The fourth-order valence-corrected chi connectivity index (χ4v) is 3.94. The molecule has 6 nitrogen and oxygen atoms in total. The molecule has 0 saturated heterocycles. The number of rotatable bonds is 4. The summed E-state index contributed by atoms with van der Waals surface area (Å²) in [6.07, 6.45) is 1.71. The van der Waals surface area contributed by atoms with Gasteiger partial charge in [-0.05, 0) is 42.1 Å². The zero-order valence-corrected chi connectivity index (χ0v) is 16.2. The van der Waals surface area contributed by atoms with E-state index < -0.39 is 0 Å². The van der Waals surface area contributed by atoms with E-state index in [0.717, 1.165) is 27.4 Å². The molecule has 0 radical (unpaired) electrons. The van der Waals surface area contributed by atoms with Crippen LogP contribution in [0.1, 0.15) is 11.3 Å². The quantitative estimate of drug-likeness (QED) is 0.693. The van der Waals surface area contributed by atoms with Crippen LogP contribution in [0.2, 0.25) is 0 Å². The number of hydrogen-bond acceptors (Lipinski definition) is 5. The summed E-state index contributed by atoms with van der Waals surface area (Å²) in [4.78, 5) is 15.8. The number of thiophene rings is 1. The van der Waals surface area contributed by atoms with Gasteiger partial charge in [-0.15, -0.1) is 11.3 Å². The van der Waals surface area contributed by atoms with Crippen molar-refractivity contribution in [2.45, 2.75) is 20.0 Å². The lowest BCUT2D eigenvalue weighted by atomic mass is 10.1. The second kappa shape index (κ2) is 7.44. The number of nitrogens with zero attached hydrogens (tertiary/aromatic N) is 3. The Kier molecular flexibility index (Phi) is 4.85. The van der Waals surface area contributed by atoms with E-state index in [1.807, 2.05) is 35.4 Å². The van der Waals surface area contributed by atoms with Crippen molar-refractivity contribution in [1.29, 1.82) is 0 Å². The van der Waals surface area contributed by atoms with Crippen molar-refractivity contribution in [1.82, 2.24) is 14.7 Å². The first-order valence-electron chi connectivity index (χ1n) is 8.79. The Labute approximate surface area is 161 Å². The van der Waals surface area contributed by atoms with Crippen LogP contribution in [0.5, 0.6) is 11.5 Å². The van der Waals surface area contributed by atoms with Crippen molar-refractivity contribution in [3.8, 4) is 21.9 Å². The Morgan fingerprint density at radius 2 is 2.26 bits per heavy atom. The number of methoxy groups -OCH3 is 1. The van der Waals surface area contributed by atoms with Gasteiger partial charge in [0.05, 0.1) is 13.7 Å². The van der Waals surface area contributed by atoms with Crippen LogP contribution < -0.4 is 9.47 Å². The van der Waals surface area contributed by atoms with Gasteiger partial charge in [-0.1, -0.05) is 6.07 Å². The number of carbonyl (C=O) groups is 1. The molecule has 1 aromatic carbocycles. The van der Waals surface area contributed by atoms with Crippen LogP contribution in [0.25, 0.3) is 10.4 Å². The molecule has 140 valence electrons. The molecule has 0 N–H and O–H groups in total. The highest BCUT2D eigenvalue weighted by atomic mass is 32.1. The summed E-state index contributed by atoms with van der Waals surface area (Å²) in [5.41, 5.74) is 3.00. The number of carbonyl (C=O) groups excluding carboxylic acids is 1. The Balaban J connectivity index is 1.63. The zero-order valence-electron chi connectivity index (χ0n) is 15.3. The predicted molar refractivity (Wildman–Crippen MR) is 104 cm³/mol. The highest BCUT2D eigenvalue weighted by Crippen LogP contribution is 2.39. The first-order chi connectivity index (χ1) is 13.2. The molecule has 0 fully saturated rings. The van der Waals surface area contributed by atoms with Gasteiger partial charge in [-0.3, -0.25) is 9.48 Å². The summed E-state index contributed by atoms with van der Waals surface area (Å²) in [6.45, 7) is 3.64. The van der Waals surface area contributed by atoms with Gasteiger partial charge in [-0.25, -0.2) is 0 Å². The lowest BCUT2D eigenvalue weighted by molar-refractivity contribution is -0.132. The van der Waals surface area contributed by atoms with Crippen molar-refractivity contribution in [2.24, 2.45) is 0 Å². The van der Waals surface area contributed by atoms with Crippen molar-refractivity contribution in [3.05, 3.63) is 53.2 Å². The van der Waals surface area contributed by atoms with E-state index in [-0.39, 0.29) is 12.5 Å². The van der Waals surface area contributed by atoms with Gasteiger partial charge < -0.3 is 14.4 Å². The first kappa shape index (κ1) is 17.6. The Bertz CT molecular complexity index is 950. The van der Waals surface area contributed by atoms with Gasteiger partial charge in [0, 0.05) is 28.9 Å². The Hall–Kier alpha value is -2.80. The SMILES string of the molecule is COc1cc(-c2cccs2)cc2c1OCCN(C(=O)Cn1nccc1C)C2. The van der Waals surface area contributed by atoms with Gasteiger partial charge >= 0.3 is 0 Å². The molecule has 3 heterocycles. The van der Waals surface area contributed by atoms with Gasteiger partial charge in [0.15, 0.2) is 11.5 Å². The minimum atomic E-state index is 0.0266. The largest absolute Gasteiger partial charge is 0.493 e. The third-order valence-electron chi connectivity index (χ3n) is 4.69. The van der Waals surface area contributed by atoms with E-state index in [1.165, 1.54) is 0 Å². The normalized spacial score (nSPS) is 13.6. The Morgan fingerprint density at radius 3 is 2.96 bits per heavy atom. The second-order valence-electron chi connectivity index (χ2n) is 6.44. The fourth-order valence-electron chi connectivity index (χ4n) is 3.23. The van der Waals surface area contributed by atoms with Crippen molar-refractivity contribution in [2.75, 3.05) is 20.3 Å². The van der Waals surface area contributed by atoms with Crippen LogP contribution in [0.15, 0.2) is 41.9 Å². The number of fused-ring (bicyclic) bond motifs is 1. The maximum atomic E-state index is 12.8. The number of amides is 1. The van der Waals surface area contributed by atoms with Crippen LogP contribution in [-0.4, -0.2) is 40.8 Å². The molecule has 3 aromatic rings. The zero-order chi connectivity index (χ0) is 18.8. The standard InChI is InChI=1S/C20H21N3O3S/c1-14-5-6-21-23(14)13-19(24)22-7-8-26-20-16(12-22)10-15(11-17(20)25-2)18-4-3-9-27-18/h3-6,9-11H,7-8,12-13H2,1-2H3. The van der Waals surface area contributed by atoms with E-state index >= 15 is 0 Å². The molecule has 27 heavy (non-hydrogen) atoms. The molecular formula is C20H21N3O3S. The van der Waals surface area contributed by atoms with Crippen LogP contribution >= 0.6 is 11.3 Å². The minimum Gasteiger partial charge on any atom is -0.493 e. The first-order valence-corrected chi connectivity index (χ1v) is 9.67. The highest BCUT2D eigenvalue weighted by Gasteiger charge is 2.24. The third-order valence-corrected chi connectivity index (χ3v) is 5.61. The molecule has 0 spiro atoms. The number of hydrogen-bond donors (Lipinski definition) is 0. The average Bonchev–Trinajstić information content (AvgIpc) is 3.29. The maximum absolute atomic E-state index is 12.8. The summed E-state index contributed by atoms with van der Waals surface area (Å²) in [5.74, 6) is 1.45. The van der Waals surface area contributed by atoms with E-state index in [4.69, 9.17) is 9.47 Å². The number of aromatic nitrogens is 2. The van der Waals surface area contributed by atoms with Gasteiger partial charge in [-0.2, -0.15) is 5.10 Å². The lowest BCUT2D eigenvalue weighted by Crippen LogP contribution is -2.35. The Morgan fingerprint density at radius 1 is 1.37 bits per heavy atom. The number of benzene rings is 1. The molecule has 0 unspecified atom stereocenters. The molecular weight excluding hydrogens is 362 g/mol. The smallest absolute Gasteiger partial charge is 0.244 e. The predicted octanol–water partition coefficient (Wildman–Crippen LogP) is 3.35. The molecule has 1 aliphatic heterocycles. The van der Waals surface area contributed by atoms with Gasteiger partial charge in [0.25, 0.3) is 0 Å². The topological polar surface area (TPSA) is 56.6 Å². The number of aryl methyl sites for hydroxylation is 1. The summed E-state index contributed by atoms with van der Waals surface area (Å²) < 4.78 is 13.2. The summed E-state index contributed by atoms with van der Waals surface area (Å²) in [5, 5.41) is 6.26. The van der Waals surface area contributed by atoms with E-state index in [0.29, 0.717) is 25.4 Å². The van der Waals surface area contributed by atoms with Crippen LogP contribution in [0.3, 0.4) is 0 Å². The third kappa shape index (κ3) is 3.55. The van der Waals surface area contributed by atoms with Crippen molar-refractivity contribution < 1.29 is 14.3 Å². The van der Waals surface area contributed by atoms with Crippen LogP contribution in [0.4, 0.5) is 0 Å². The average molecular weight is 383 g/mol. The van der Waals surface area contributed by atoms with E-state index in [1.54, 1.807) is 29.3 Å². The number of ether oxygens (including phenoxy) is 2. The second-order valence-corrected chi connectivity index (χ2v) is 7.39. The molecule has 0 atom stereocenters. The minimum absolute atomic E-state index is 0.0266. The monoisotopic (exact) mass is 383 g/mol. The molecule has 1 aliphatic rings. The lowest BCUT2D eigenvalue weighted by Gasteiger charge is -2.20. The maximum Gasteiger partial charge on any atom is 0.244 e. The highest BCUT2D eigenvalue weighted by molar-refractivity contribution is 7.13. The molecule has 7 heteroatoms. The summed E-state index contributed by atoms with van der Waals surface area (Å²) in [6, 6.07) is 10.1. The van der Waals surface area contributed by atoms with Gasteiger partial charge in [0.1, 0.15) is 13.2 Å². The van der Waals surface area contributed by atoms with Crippen molar-refractivity contribution >= 4 is 17.2 Å². The molecule has 0 saturated carbocycles. The van der Waals surface area contributed by atoms with Crippen molar-refractivity contribution in [3.63, 3.8) is 0 Å². The molecule has 0 aliphatic carbocycles. The summed E-state index contributed by atoms with van der Waals surface area (Å²) >= 11 is 1.67. The molecule has 4 rings (SSSR count). The van der Waals surface area contributed by atoms with Crippen LogP contribution in [-0.2, 0) is 17.9 Å². The van der Waals surface area contributed by atoms with Gasteiger partial charge in [0.2, 0.25) is 5.91 Å². The van der Waals surface area contributed by atoms with E-state index in [9.17, 15) is 4.79 Å².